The fourth-order valence-corrected chi connectivity index (χ4v) is 5.67. The van der Waals surface area contributed by atoms with Crippen LogP contribution in [0.2, 0.25) is 0 Å². The first-order chi connectivity index (χ1) is 18.0. The Morgan fingerprint density at radius 3 is 1.84 bits per heavy atom. The topological polar surface area (TPSA) is 82.1 Å². The number of fused-ring (bicyclic) bond motifs is 1. The molecule has 37 heavy (non-hydrogen) atoms. The molecule has 0 saturated heterocycles. The molecule has 6 nitrogen and oxygen atoms in total. The number of benzene rings is 4. The Kier molecular flexibility index (Phi) is 6.82. The number of carbonyl (C=O) groups is 2. The number of para-hydroxylation sites is 2. The molecular weight excluding hydrogens is 468 g/mol. The summed E-state index contributed by atoms with van der Waals surface area (Å²) in [6.07, 6.45) is 0. The minimum absolute atomic E-state index is 0.0890. The van der Waals surface area contributed by atoms with Gasteiger partial charge < -0.3 is 19.3 Å². The van der Waals surface area contributed by atoms with Gasteiger partial charge in [-0.1, -0.05) is 78.9 Å². The minimum Gasteiger partial charge on any atom is -0.496 e. The van der Waals surface area contributed by atoms with Crippen molar-refractivity contribution in [2.75, 3.05) is 14.2 Å². The van der Waals surface area contributed by atoms with Crippen LogP contribution in [0.5, 0.6) is 11.5 Å². The van der Waals surface area contributed by atoms with Crippen LogP contribution >= 0.6 is 0 Å². The van der Waals surface area contributed by atoms with Gasteiger partial charge in [-0.15, -0.1) is 0 Å². The van der Waals surface area contributed by atoms with Crippen LogP contribution < -0.4 is 9.47 Å². The molecule has 0 radical (unpaired) electrons. The quantitative estimate of drug-likeness (QED) is 0.311. The van der Waals surface area contributed by atoms with E-state index < -0.39 is 35.6 Å². The minimum atomic E-state index is -0.982. The molecule has 0 bridgehead atoms. The largest absolute Gasteiger partial charge is 0.496 e. The van der Waals surface area contributed by atoms with Crippen LogP contribution in [0.25, 0.3) is 10.8 Å². The summed E-state index contributed by atoms with van der Waals surface area (Å²) in [6, 6.07) is 28.3. The molecule has 2 atom stereocenters. The van der Waals surface area contributed by atoms with E-state index >= 15 is 0 Å². The molecule has 4 aromatic rings. The van der Waals surface area contributed by atoms with Crippen LogP contribution in [-0.4, -0.2) is 31.3 Å². The predicted molar refractivity (Wildman–Crippen MR) is 140 cm³/mol. The summed E-state index contributed by atoms with van der Waals surface area (Å²) in [4.78, 5) is 26.4. The van der Waals surface area contributed by atoms with E-state index in [1.807, 2.05) is 78.9 Å². The fourth-order valence-electron chi connectivity index (χ4n) is 5.67. The summed E-state index contributed by atoms with van der Waals surface area (Å²) < 4.78 is 17.0. The Hall–Kier alpha value is -4.32. The van der Waals surface area contributed by atoms with Crippen molar-refractivity contribution in [2.45, 2.75) is 18.4 Å². The van der Waals surface area contributed by atoms with Gasteiger partial charge in [-0.3, -0.25) is 9.59 Å². The lowest BCUT2D eigenvalue weighted by Gasteiger charge is -2.49. The summed E-state index contributed by atoms with van der Waals surface area (Å²) in [5, 5.41) is 12.4. The number of methoxy groups -OCH3 is 2. The zero-order chi connectivity index (χ0) is 25.9. The van der Waals surface area contributed by atoms with E-state index in [2.05, 4.69) is 0 Å². The molecule has 0 aromatic heterocycles. The number of esters is 1. The van der Waals surface area contributed by atoms with Gasteiger partial charge >= 0.3 is 11.9 Å². The van der Waals surface area contributed by atoms with Gasteiger partial charge in [-0.2, -0.15) is 0 Å². The molecule has 0 heterocycles. The lowest BCUT2D eigenvalue weighted by atomic mass is 9.52. The highest BCUT2D eigenvalue weighted by Gasteiger charge is 2.60. The molecule has 1 saturated carbocycles. The molecule has 5 rings (SSSR count). The fraction of sp³-hybridized carbons (Fsp3) is 0.226. The zero-order valence-electron chi connectivity index (χ0n) is 20.7. The molecule has 4 aromatic carbocycles. The predicted octanol–water partition coefficient (Wildman–Crippen LogP) is 5.80. The maximum Gasteiger partial charge on any atom is 0.310 e. The van der Waals surface area contributed by atoms with Crippen molar-refractivity contribution >= 4 is 22.7 Å². The normalized spacial score (nSPS) is 20.6. The molecule has 0 aliphatic heterocycles. The summed E-state index contributed by atoms with van der Waals surface area (Å²) in [5.74, 6) is -3.17. The first-order valence-corrected chi connectivity index (χ1v) is 12.2. The van der Waals surface area contributed by atoms with Crippen molar-refractivity contribution in [1.82, 2.24) is 0 Å². The molecule has 6 heteroatoms. The molecule has 1 N–H and O–H groups in total. The Bertz CT molecular complexity index is 1380. The van der Waals surface area contributed by atoms with Gasteiger partial charge in [0.15, 0.2) is 0 Å². The van der Waals surface area contributed by atoms with Gasteiger partial charge in [0.1, 0.15) is 18.1 Å². The lowest BCUT2D eigenvalue weighted by Crippen LogP contribution is -2.51. The number of rotatable bonds is 8. The van der Waals surface area contributed by atoms with E-state index in [0.717, 1.165) is 16.3 Å². The summed E-state index contributed by atoms with van der Waals surface area (Å²) >= 11 is 0. The van der Waals surface area contributed by atoms with E-state index in [-0.39, 0.29) is 6.61 Å². The molecule has 1 fully saturated rings. The number of hydrogen-bond donors (Lipinski definition) is 1. The van der Waals surface area contributed by atoms with E-state index in [4.69, 9.17) is 14.2 Å². The third-order valence-corrected chi connectivity index (χ3v) is 7.35. The smallest absolute Gasteiger partial charge is 0.310 e. The van der Waals surface area contributed by atoms with Crippen LogP contribution in [-0.2, 0) is 20.9 Å². The molecule has 1 aliphatic carbocycles. The second-order valence-electron chi connectivity index (χ2n) is 9.17. The highest BCUT2D eigenvalue weighted by atomic mass is 16.5. The summed E-state index contributed by atoms with van der Waals surface area (Å²) in [5.41, 5.74) is 2.24. The molecule has 0 spiro atoms. The number of ether oxygens (including phenoxy) is 3. The number of carboxylic acid groups (broad SMARTS) is 1. The highest BCUT2D eigenvalue weighted by Crippen LogP contribution is 2.60. The zero-order valence-corrected chi connectivity index (χ0v) is 20.7. The Balaban J connectivity index is 1.54. The van der Waals surface area contributed by atoms with E-state index in [1.165, 1.54) is 0 Å². The Morgan fingerprint density at radius 1 is 0.703 bits per heavy atom. The number of aliphatic carboxylic acids is 1. The van der Waals surface area contributed by atoms with Gasteiger partial charge in [0, 0.05) is 11.8 Å². The maximum atomic E-state index is 13.8. The SMILES string of the molecule is COc1ccccc1[C@H]1[C@H](C(=O)O)[C@H](c2ccccc2OC)[C@H]1C(=O)OCc1cccc2ccccc12. The molecule has 0 amide bonds. The van der Waals surface area contributed by atoms with Crippen LogP contribution in [0, 0.1) is 11.8 Å². The molecule has 0 unspecified atom stereocenters. The Labute approximate surface area is 215 Å². The number of hydrogen-bond acceptors (Lipinski definition) is 5. The molecule has 1 aliphatic rings. The van der Waals surface area contributed by atoms with Crippen molar-refractivity contribution in [2.24, 2.45) is 11.8 Å². The van der Waals surface area contributed by atoms with Crippen molar-refractivity contribution in [3.8, 4) is 11.5 Å². The van der Waals surface area contributed by atoms with E-state index in [9.17, 15) is 14.7 Å². The van der Waals surface area contributed by atoms with Gasteiger partial charge in [-0.05, 0) is 39.6 Å². The average Bonchev–Trinajstić information content (AvgIpc) is 2.91. The third-order valence-electron chi connectivity index (χ3n) is 7.35. The lowest BCUT2D eigenvalue weighted by molar-refractivity contribution is -0.165. The Morgan fingerprint density at radius 2 is 1.24 bits per heavy atom. The van der Waals surface area contributed by atoms with Crippen LogP contribution in [0.15, 0.2) is 91.0 Å². The second kappa shape index (κ2) is 10.3. The monoisotopic (exact) mass is 496 g/mol. The molecule has 188 valence electrons. The number of carbonyl (C=O) groups excluding carboxylic acids is 1. The highest BCUT2D eigenvalue weighted by molar-refractivity contribution is 5.87. The van der Waals surface area contributed by atoms with Gasteiger partial charge in [0.05, 0.1) is 26.1 Å². The standard InChI is InChI=1S/C31H28O6/c1-35-24-16-7-5-14-22(24)26-28(30(32)33)27(23-15-6-8-17-25(23)36-2)29(26)31(34)37-18-20-12-9-11-19-10-3-4-13-21(19)20/h3-17,26-29H,18H2,1-2H3,(H,32,33)/t26-,27-,28-,29-/m0/s1. The van der Waals surface area contributed by atoms with Gasteiger partial charge in [0.25, 0.3) is 0 Å². The first kappa shape index (κ1) is 24.4. The van der Waals surface area contributed by atoms with E-state index in [0.29, 0.717) is 22.6 Å². The van der Waals surface area contributed by atoms with Crippen LogP contribution in [0.4, 0.5) is 0 Å². The van der Waals surface area contributed by atoms with Gasteiger partial charge in [0.2, 0.25) is 0 Å². The van der Waals surface area contributed by atoms with Crippen LogP contribution in [0.1, 0.15) is 28.5 Å². The van der Waals surface area contributed by atoms with Crippen LogP contribution in [0.3, 0.4) is 0 Å². The van der Waals surface area contributed by atoms with E-state index in [1.54, 1.807) is 26.4 Å². The van der Waals surface area contributed by atoms with Crippen molar-refractivity contribution < 1.29 is 28.9 Å². The third kappa shape index (κ3) is 4.40. The summed E-state index contributed by atoms with van der Waals surface area (Å²) in [7, 11) is 3.08. The van der Waals surface area contributed by atoms with Crippen molar-refractivity contribution in [3.05, 3.63) is 108 Å². The van der Waals surface area contributed by atoms with Crippen molar-refractivity contribution in [3.63, 3.8) is 0 Å². The summed E-state index contributed by atoms with van der Waals surface area (Å²) in [6.45, 7) is 0.0890. The molecular formula is C31H28O6. The van der Waals surface area contributed by atoms with Crippen molar-refractivity contribution in [1.29, 1.82) is 0 Å². The van der Waals surface area contributed by atoms with Gasteiger partial charge in [-0.25, -0.2) is 0 Å². The average molecular weight is 497 g/mol. The second-order valence-corrected chi connectivity index (χ2v) is 9.17. The maximum absolute atomic E-state index is 13.8. The first-order valence-electron chi connectivity index (χ1n) is 12.2. The number of carboxylic acids is 1.